The Morgan fingerprint density at radius 2 is 1.25 bits per heavy atom. The molecule has 0 bridgehead atoms. The van der Waals surface area contributed by atoms with Crippen molar-refractivity contribution in [2.45, 2.75) is 173 Å². The van der Waals surface area contributed by atoms with E-state index in [2.05, 4.69) is 42.1 Å². The van der Waals surface area contributed by atoms with Crippen molar-refractivity contribution in [2.24, 2.45) is 28.0 Å². The fraction of sp³-hybridized carbons (Fsp3) is 0.969. The topological polar surface area (TPSA) is 338 Å². The molecule has 0 aromatic rings. The Morgan fingerprint density at radius 3 is 1.89 bits per heavy atom. The Hall–Kier alpha value is -1.52. The molecule has 1 saturated heterocycles. The van der Waals surface area contributed by atoms with Crippen molar-refractivity contribution in [1.29, 1.82) is 0 Å². The summed E-state index contributed by atoms with van der Waals surface area (Å²) in [4.78, 5) is 11.9. The highest BCUT2D eigenvalue weighted by molar-refractivity contribution is 7.87. The number of aliphatic carboxylic acids is 1. The molecule has 0 aromatic carbocycles. The Bertz CT molecular complexity index is 1740. The van der Waals surface area contributed by atoms with Gasteiger partial charge in [-0.2, -0.15) is 35.5 Å². The van der Waals surface area contributed by atoms with E-state index in [9.17, 15) is 59.0 Å². The molecule has 5 saturated carbocycles. The predicted molar refractivity (Wildman–Crippen MR) is 199 cm³/mol. The molecule has 1 heterocycles. The molecule has 12 N–H and O–H groups in total. The Kier molecular flexibility index (Phi) is 14.2. The number of carboxylic acid groups (broad SMARTS) is 1. The van der Waals surface area contributed by atoms with Crippen LogP contribution >= 0.6 is 0 Å². The number of hydrogen-bond acceptors (Lipinski definition) is 17. The van der Waals surface area contributed by atoms with Gasteiger partial charge in [0.15, 0.2) is 6.35 Å². The second-order valence-electron chi connectivity index (χ2n) is 16.6. The number of nitrogens with zero attached hydrogens (tertiary/aromatic N) is 2. The van der Waals surface area contributed by atoms with E-state index in [1.54, 1.807) is 0 Å². The minimum absolute atomic E-state index is 0.0816. The molecule has 0 radical (unpaired) electrons. The summed E-state index contributed by atoms with van der Waals surface area (Å²) in [5.41, 5.74) is 0. The fourth-order valence-corrected chi connectivity index (χ4v) is 13.3. The number of fused-ring (bicyclic) bond motifs is 1. The van der Waals surface area contributed by atoms with E-state index in [-0.39, 0.29) is 31.7 Å². The number of nitrogens with one attached hydrogen (secondary N) is 6. The van der Waals surface area contributed by atoms with Crippen LogP contribution in [0, 0.1) is 17.8 Å². The van der Waals surface area contributed by atoms with E-state index in [0.717, 1.165) is 32.1 Å². The van der Waals surface area contributed by atoms with Gasteiger partial charge in [-0.25, -0.2) is 0 Å². The van der Waals surface area contributed by atoms with Gasteiger partial charge in [-0.3, -0.25) is 45.0 Å². The average Bonchev–Trinajstić information content (AvgIpc) is 3.10. The maximum atomic E-state index is 12.7. The van der Waals surface area contributed by atoms with Crippen molar-refractivity contribution in [3.8, 4) is 0 Å². The first-order valence-electron chi connectivity index (χ1n) is 19.7. The third-order valence-corrected chi connectivity index (χ3v) is 16.7. The first-order valence-corrected chi connectivity index (χ1v) is 24.2. The molecule has 15 unspecified atom stereocenters. The number of azo groups is 1. The van der Waals surface area contributed by atoms with Gasteiger partial charge in [-0.1, -0.05) is 32.1 Å². The first kappa shape index (κ1) is 44.0. The highest BCUT2D eigenvalue weighted by Gasteiger charge is 2.56. The van der Waals surface area contributed by atoms with Crippen molar-refractivity contribution in [1.82, 2.24) is 31.9 Å². The molecular formula is C32H58N8O13S3. The lowest BCUT2D eigenvalue weighted by Crippen LogP contribution is -2.77. The predicted octanol–water partition coefficient (Wildman–Crippen LogP) is -0.973. The number of carboxylic acids is 1. The van der Waals surface area contributed by atoms with Gasteiger partial charge in [0.05, 0.1) is 23.3 Å². The van der Waals surface area contributed by atoms with Crippen LogP contribution in [0.4, 0.5) is 0 Å². The maximum absolute atomic E-state index is 12.7. The molecule has 6 rings (SSSR count). The summed E-state index contributed by atoms with van der Waals surface area (Å²) in [5.74, 6) is -3.70. The molecule has 6 fully saturated rings. The minimum atomic E-state index is -4.89. The van der Waals surface area contributed by atoms with E-state index < -0.39 is 125 Å². The zero-order valence-electron chi connectivity index (χ0n) is 31.0. The highest BCUT2D eigenvalue weighted by Crippen LogP contribution is 2.45. The van der Waals surface area contributed by atoms with Crippen LogP contribution in [0.15, 0.2) is 10.2 Å². The molecule has 322 valence electrons. The van der Waals surface area contributed by atoms with E-state index in [0.29, 0.717) is 38.5 Å². The number of hydrogen-bond donors (Lipinski definition) is 12. The number of aliphatic hydroxyl groups excluding tert-OH is 2. The molecule has 15 atom stereocenters. The maximum Gasteiger partial charge on any atom is 0.308 e. The summed E-state index contributed by atoms with van der Waals surface area (Å²) < 4.78 is 106. The summed E-state index contributed by atoms with van der Waals surface area (Å²) in [6.07, 6.45) is 2.66. The molecule has 21 nitrogen and oxygen atoms in total. The van der Waals surface area contributed by atoms with Crippen molar-refractivity contribution in [3.05, 3.63) is 0 Å². The molecule has 0 aromatic heterocycles. The summed E-state index contributed by atoms with van der Waals surface area (Å²) in [5, 5.41) is 55.3. The van der Waals surface area contributed by atoms with Gasteiger partial charge in [0.2, 0.25) is 0 Å². The molecule has 56 heavy (non-hydrogen) atoms. The zero-order chi connectivity index (χ0) is 40.6. The molecule has 6 aliphatic rings. The Balaban J connectivity index is 1.18. The third kappa shape index (κ3) is 10.8. The normalized spacial score (nSPS) is 42.3. The summed E-state index contributed by atoms with van der Waals surface area (Å²) >= 11 is 0. The Labute approximate surface area is 327 Å². The molecule has 24 heteroatoms. The first-order chi connectivity index (χ1) is 26.3. The SMILES string of the molecule is O=C(O)C1CCCCC1N=NC1C(O)C2C(CC(S(=O)(=O)O)CC2NC2NC(O)NC(NC3CCC(NC4CCCCC4)C(S(=O)(=O)O)C3)N2)CC1S(=O)(=O)O. The Morgan fingerprint density at radius 1 is 0.607 bits per heavy atom. The number of aliphatic hydroxyl groups is 2. The van der Waals surface area contributed by atoms with Gasteiger partial charge >= 0.3 is 5.97 Å². The van der Waals surface area contributed by atoms with Crippen molar-refractivity contribution in [2.75, 3.05) is 0 Å². The van der Waals surface area contributed by atoms with Gasteiger partial charge in [-0.05, 0) is 70.1 Å². The van der Waals surface area contributed by atoms with E-state index in [1.165, 1.54) is 0 Å². The van der Waals surface area contributed by atoms with Crippen LogP contribution in [-0.4, -0.2) is 137 Å². The van der Waals surface area contributed by atoms with E-state index >= 15 is 0 Å². The highest BCUT2D eigenvalue weighted by atomic mass is 32.2. The van der Waals surface area contributed by atoms with Crippen molar-refractivity contribution in [3.63, 3.8) is 0 Å². The van der Waals surface area contributed by atoms with Gasteiger partial charge in [-0.15, -0.1) is 0 Å². The average molecular weight is 859 g/mol. The quantitative estimate of drug-likeness (QED) is 0.0829. The summed E-state index contributed by atoms with van der Waals surface area (Å²) in [6, 6.07) is -3.93. The fourth-order valence-electron chi connectivity index (χ4n) is 10.2. The molecule has 0 amide bonds. The molecular weight excluding hydrogens is 801 g/mol. The van der Waals surface area contributed by atoms with Gasteiger partial charge in [0.25, 0.3) is 30.4 Å². The monoisotopic (exact) mass is 858 g/mol. The van der Waals surface area contributed by atoms with Gasteiger partial charge in [0.1, 0.15) is 29.1 Å². The zero-order valence-corrected chi connectivity index (χ0v) is 33.5. The largest absolute Gasteiger partial charge is 0.481 e. The second kappa shape index (κ2) is 18.0. The lowest BCUT2D eigenvalue weighted by molar-refractivity contribution is -0.143. The van der Waals surface area contributed by atoms with Crippen LogP contribution in [0.3, 0.4) is 0 Å². The molecule has 5 aliphatic carbocycles. The second-order valence-corrected chi connectivity index (χ2v) is 21.6. The third-order valence-electron chi connectivity index (χ3n) is 12.9. The smallest absolute Gasteiger partial charge is 0.308 e. The summed E-state index contributed by atoms with van der Waals surface area (Å²) in [6.45, 7) is 0. The van der Waals surface area contributed by atoms with Crippen LogP contribution in [0.5, 0.6) is 0 Å². The van der Waals surface area contributed by atoms with Crippen LogP contribution < -0.4 is 31.9 Å². The van der Waals surface area contributed by atoms with Crippen molar-refractivity contribution >= 4 is 36.3 Å². The van der Waals surface area contributed by atoms with Crippen LogP contribution in [-0.2, 0) is 35.1 Å². The van der Waals surface area contributed by atoms with Crippen LogP contribution in [0.1, 0.15) is 96.3 Å². The van der Waals surface area contributed by atoms with Crippen LogP contribution in [0.25, 0.3) is 0 Å². The van der Waals surface area contributed by atoms with Crippen LogP contribution in [0.2, 0.25) is 0 Å². The lowest BCUT2D eigenvalue weighted by Gasteiger charge is -2.51. The van der Waals surface area contributed by atoms with Gasteiger partial charge < -0.3 is 20.6 Å². The summed E-state index contributed by atoms with van der Waals surface area (Å²) in [7, 11) is -14.0. The van der Waals surface area contributed by atoms with Crippen molar-refractivity contribution < 1.29 is 59.0 Å². The number of rotatable bonds is 12. The molecule has 0 spiro atoms. The van der Waals surface area contributed by atoms with E-state index in [4.69, 9.17) is 0 Å². The van der Waals surface area contributed by atoms with E-state index in [1.807, 2.05) is 0 Å². The number of carbonyl (C=O) groups is 1. The molecule has 1 aliphatic heterocycles. The van der Waals surface area contributed by atoms with Gasteiger partial charge in [0, 0.05) is 30.1 Å². The lowest BCUT2D eigenvalue weighted by atomic mass is 9.65. The minimum Gasteiger partial charge on any atom is -0.481 e. The standard InChI is InChI=1S/C32H58N8O13S3/c41-28-26-16(13-25(56(51,52)53)27(28)40-39-21-9-5-4-8-20(21)29(42)43)12-19(54(45,46)47)15-23(26)35-31-36-30(37-32(44)38-31)34-18-10-11-22(24(14-18)55(48,49)50)33-17-6-2-1-3-7-17/h16-28,30-38,41,44H,1-15H2,(H,42,43)(H,45,46,47)(H,48,49,50)(H,51,52,53).